The highest BCUT2D eigenvalue weighted by Gasteiger charge is 2.21. The van der Waals surface area contributed by atoms with Gasteiger partial charge in [0.25, 0.3) is 0 Å². The molecule has 1 aliphatic heterocycles. The van der Waals surface area contributed by atoms with E-state index in [2.05, 4.69) is 30.9 Å². The smallest absolute Gasteiger partial charge is 0.159 e. The lowest BCUT2D eigenvalue weighted by Crippen LogP contribution is -2.37. The first-order valence-corrected chi connectivity index (χ1v) is 10.1. The highest BCUT2D eigenvalue weighted by molar-refractivity contribution is 5.94. The molecule has 2 aromatic carbocycles. The molecule has 0 N–H and O–H groups in total. The van der Waals surface area contributed by atoms with Gasteiger partial charge in [0, 0.05) is 12.1 Å². The quantitative estimate of drug-likeness (QED) is 0.623. The van der Waals surface area contributed by atoms with Crippen LogP contribution < -0.4 is 4.74 Å². The van der Waals surface area contributed by atoms with Crippen molar-refractivity contribution in [1.29, 1.82) is 0 Å². The first-order chi connectivity index (χ1) is 13.0. The molecule has 3 nitrogen and oxygen atoms in total. The summed E-state index contributed by atoms with van der Waals surface area (Å²) >= 11 is 0. The summed E-state index contributed by atoms with van der Waals surface area (Å²) in [6.45, 7) is 10.4. The van der Waals surface area contributed by atoms with Crippen LogP contribution in [0.3, 0.4) is 0 Å². The molecule has 0 spiro atoms. The Hall–Kier alpha value is -2.13. The minimum atomic E-state index is 0.0960. The number of likely N-dealkylation sites (tertiary alicyclic amines) is 1. The summed E-state index contributed by atoms with van der Waals surface area (Å²) in [5.41, 5.74) is 2.99. The van der Waals surface area contributed by atoms with Gasteiger partial charge in [0.1, 0.15) is 12.4 Å². The summed E-state index contributed by atoms with van der Waals surface area (Å²) in [6, 6.07) is 16.0. The lowest BCUT2D eigenvalue weighted by Gasteiger charge is -2.33. The van der Waals surface area contributed by atoms with Gasteiger partial charge in [-0.15, -0.1) is 0 Å². The molecule has 27 heavy (non-hydrogen) atoms. The molecule has 0 aromatic heterocycles. The Morgan fingerprint density at radius 2 is 1.56 bits per heavy atom. The van der Waals surface area contributed by atoms with Crippen LogP contribution in [0.15, 0.2) is 48.5 Å². The predicted molar refractivity (Wildman–Crippen MR) is 111 cm³/mol. The fourth-order valence-electron chi connectivity index (χ4n) is 3.78. The van der Waals surface area contributed by atoms with E-state index in [1.54, 1.807) is 6.92 Å². The van der Waals surface area contributed by atoms with Crippen LogP contribution in [0.1, 0.15) is 44.0 Å². The minimum Gasteiger partial charge on any atom is -0.492 e. The van der Waals surface area contributed by atoms with Crippen molar-refractivity contribution in [3.05, 3.63) is 54.1 Å². The first kappa shape index (κ1) is 19.6. The maximum absolute atomic E-state index is 11.4. The molecule has 0 radical (unpaired) electrons. The van der Waals surface area contributed by atoms with Crippen LogP contribution in [-0.2, 0) is 0 Å². The number of carbonyl (C=O) groups excluding carboxylic acids is 1. The molecule has 0 bridgehead atoms. The molecule has 1 saturated heterocycles. The molecule has 144 valence electrons. The summed E-state index contributed by atoms with van der Waals surface area (Å²) in [5.74, 6) is 2.70. The highest BCUT2D eigenvalue weighted by Crippen LogP contribution is 2.25. The zero-order chi connectivity index (χ0) is 19.2. The average molecular weight is 366 g/mol. The maximum atomic E-state index is 11.4. The number of piperidine rings is 1. The van der Waals surface area contributed by atoms with Gasteiger partial charge in [-0.3, -0.25) is 9.69 Å². The standard InChI is InChI=1S/C24H31NO2/c1-18(2)20-12-14-25(15-13-20)16-17-27-24-10-8-23(9-11-24)22-6-4-21(5-7-22)19(3)26/h4-11,18,20H,12-17H2,1-3H3. The van der Waals surface area contributed by atoms with Crippen molar-refractivity contribution in [3.63, 3.8) is 0 Å². The molecule has 3 heteroatoms. The van der Waals surface area contributed by atoms with E-state index in [0.717, 1.165) is 47.4 Å². The summed E-state index contributed by atoms with van der Waals surface area (Å²) in [6.07, 6.45) is 2.63. The molecular weight excluding hydrogens is 334 g/mol. The number of benzene rings is 2. The Morgan fingerprint density at radius 1 is 1.00 bits per heavy atom. The monoisotopic (exact) mass is 365 g/mol. The predicted octanol–water partition coefficient (Wildman–Crippen LogP) is 5.30. The van der Waals surface area contributed by atoms with Gasteiger partial charge in [-0.05, 0) is 68.0 Å². The summed E-state index contributed by atoms with van der Waals surface area (Å²) in [7, 11) is 0. The second kappa shape index (κ2) is 9.18. The van der Waals surface area contributed by atoms with Gasteiger partial charge in [0.2, 0.25) is 0 Å². The highest BCUT2D eigenvalue weighted by atomic mass is 16.5. The largest absolute Gasteiger partial charge is 0.492 e. The fraction of sp³-hybridized carbons (Fsp3) is 0.458. The number of Topliss-reactive ketones (excluding diaryl/α,β-unsaturated/α-hetero) is 1. The number of carbonyl (C=O) groups is 1. The third-order valence-corrected chi connectivity index (χ3v) is 5.73. The molecule has 3 rings (SSSR count). The molecule has 0 atom stereocenters. The van der Waals surface area contributed by atoms with E-state index < -0.39 is 0 Å². The van der Waals surface area contributed by atoms with E-state index in [1.807, 2.05) is 36.4 Å². The molecule has 0 saturated carbocycles. The van der Waals surface area contributed by atoms with E-state index in [1.165, 1.54) is 25.9 Å². The second-order valence-electron chi connectivity index (χ2n) is 7.93. The molecule has 1 fully saturated rings. The van der Waals surface area contributed by atoms with Crippen LogP contribution >= 0.6 is 0 Å². The second-order valence-corrected chi connectivity index (χ2v) is 7.93. The Labute approximate surface area is 163 Å². The van der Waals surface area contributed by atoms with Crippen LogP contribution in [0.2, 0.25) is 0 Å². The van der Waals surface area contributed by atoms with Crippen molar-refractivity contribution in [1.82, 2.24) is 4.90 Å². The van der Waals surface area contributed by atoms with E-state index in [9.17, 15) is 4.79 Å². The Morgan fingerprint density at radius 3 is 2.07 bits per heavy atom. The summed E-state index contributed by atoms with van der Waals surface area (Å²) in [4.78, 5) is 13.9. The van der Waals surface area contributed by atoms with Gasteiger partial charge >= 0.3 is 0 Å². The minimum absolute atomic E-state index is 0.0960. The van der Waals surface area contributed by atoms with Gasteiger partial charge in [0.05, 0.1) is 0 Å². The molecular formula is C24H31NO2. The van der Waals surface area contributed by atoms with Gasteiger partial charge in [-0.25, -0.2) is 0 Å². The number of ether oxygens (including phenoxy) is 1. The molecule has 1 heterocycles. The topological polar surface area (TPSA) is 29.5 Å². The van der Waals surface area contributed by atoms with E-state index in [0.29, 0.717) is 0 Å². The lowest BCUT2D eigenvalue weighted by atomic mass is 9.87. The van der Waals surface area contributed by atoms with Crippen molar-refractivity contribution < 1.29 is 9.53 Å². The van der Waals surface area contributed by atoms with Gasteiger partial charge in [0.15, 0.2) is 5.78 Å². The molecule has 1 aliphatic rings. The van der Waals surface area contributed by atoms with Crippen molar-refractivity contribution in [2.45, 2.75) is 33.6 Å². The molecule has 0 aliphatic carbocycles. The van der Waals surface area contributed by atoms with Crippen molar-refractivity contribution in [2.24, 2.45) is 11.8 Å². The average Bonchev–Trinajstić information content (AvgIpc) is 2.69. The lowest BCUT2D eigenvalue weighted by molar-refractivity contribution is 0.101. The molecule has 0 amide bonds. The van der Waals surface area contributed by atoms with Crippen molar-refractivity contribution in [2.75, 3.05) is 26.2 Å². The van der Waals surface area contributed by atoms with Crippen LogP contribution in [0, 0.1) is 11.8 Å². The Bertz CT molecular complexity index is 726. The van der Waals surface area contributed by atoms with E-state index in [4.69, 9.17) is 4.74 Å². The number of ketones is 1. The van der Waals surface area contributed by atoms with Crippen LogP contribution in [0.25, 0.3) is 11.1 Å². The van der Waals surface area contributed by atoms with Crippen LogP contribution in [0.4, 0.5) is 0 Å². The summed E-state index contributed by atoms with van der Waals surface area (Å²) in [5, 5.41) is 0. The van der Waals surface area contributed by atoms with Crippen LogP contribution in [-0.4, -0.2) is 36.9 Å². The number of hydrogen-bond acceptors (Lipinski definition) is 3. The van der Waals surface area contributed by atoms with Gasteiger partial charge in [-0.2, -0.15) is 0 Å². The number of hydrogen-bond donors (Lipinski definition) is 0. The van der Waals surface area contributed by atoms with E-state index in [-0.39, 0.29) is 5.78 Å². The molecule has 0 unspecified atom stereocenters. The zero-order valence-electron chi connectivity index (χ0n) is 16.8. The Kier molecular flexibility index (Phi) is 6.68. The molecule has 2 aromatic rings. The number of rotatable bonds is 7. The maximum Gasteiger partial charge on any atom is 0.159 e. The summed E-state index contributed by atoms with van der Waals surface area (Å²) < 4.78 is 5.94. The van der Waals surface area contributed by atoms with E-state index >= 15 is 0 Å². The SMILES string of the molecule is CC(=O)c1ccc(-c2ccc(OCCN3CCC(C(C)C)CC3)cc2)cc1. The van der Waals surface area contributed by atoms with Gasteiger partial charge in [-0.1, -0.05) is 50.2 Å². The third kappa shape index (κ3) is 5.43. The van der Waals surface area contributed by atoms with Crippen molar-refractivity contribution >= 4 is 5.78 Å². The zero-order valence-corrected chi connectivity index (χ0v) is 16.8. The van der Waals surface area contributed by atoms with Crippen molar-refractivity contribution in [3.8, 4) is 16.9 Å². The normalized spacial score (nSPS) is 15.9. The Balaban J connectivity index is 1.46. The van der Waals surface area contributed by atoms with Gasteiger partial charge < -0.3 is 4.74 Å². The fourth-order valence-corrected chi connectivity index (χ4v) is 3.78. The van der Waals surface area contributed by atoms with Crippen LogP contribution in [0.5, 0.6) is 5.75 Å². The first-order valence-electron chi connectivity index (χ1n) is 10.1. The third-order valence-electron chi connectivity index (χ3n) is 5.73. The number of nitrogens with zero attached hydrogens (tertiary/aromatic N) is 1.